The predicted molar refractivity (Wildman–Crippen MR) is 77.6 cm³/mol. The topological polar surface area (TPSA) is 94.0 Å². The van der Waals surface area contributed by atoms with E-state index in [1.165, 1.54) is 0 Å². The molecule has 0 bridgehead atoms. The average Bonchev–Trinajstić information content (AvgIpc) is 2.90. The minimum atomic E-state index is -0.112. The van der Waals surface area contributed by atoms with E-state index in [0.717, 1.165) is 5.56 Å². The zero-order chi connectivity index (χ0) is 15.1. The number of carbonyl (C=O) groups excluding carboxylic acids is 1. The third-order valence-electron chi connectivity index (χ3n) is 2.79. The second-order valence-corrected chi connectivity index (χ2v) is 4.42. The van der Waals surface area contributed by atoms with Crippen LogP contribution in [0.4, 0.5) is 5.69 Å². The van der Waals surface area contributed by atoms with Crippen molar-refractivity contribution >= 4 is 11.6 Å². The Morgan fingerprint density at radius 2 is 2.29 bits per heavy atom. The fourth-order valence-electron chi connectivity index (χ4n) is 1.79. The van der Waals surface area contributed by atoms with Crippen LogP contribution in [0, 0.1) is 0 Å². The number of ether oxygens (including phenoxy) is 1. The Labute approximate surface area is 122 Å². The molecule has 1 amide bonds. The van der Waals surface area contributed by atoms with Gasteiger partial charge in [0.25, 0.3) is 0 Å². The lowest BCUT2D eigenvalue weighted by atomic mass is 10.2. The van der Waals surface area contributed by atoms with Gasteiger partial charge in [-0.15, -0.1) is 5.10 Å². The van der Waals surface area contributed by atoms with E-state index in [4.69, 9.17) is 4.74 Å². The maximum Gasteiger partial charge on any atom is 0.238 e. The van der Waals surface area contributed by atoms with Crippen LogP contribution in [0.1, 0.15) is 0 Å². The van der Waals surface area contributed by atoms with Crippen molar-refractivity contribution in [2.45, 2.75) is 0 Å². The van der Waals surface area contributed by atoms with Crippen molar-refractivity contribution in [3.8, 4) is 11.4 Å². The first-order valence-electron chi connectivity index (χ1n) is 6.53. The van der Waals surface area contributed by atoms with Crippen LogP contribution in [0.2, 0.25) is 0 Å². The summed E-state index contributed by atoms with van der Waals surface area (Å²) in [6.45, 7) is 1.44. The molecule has 8 nitrogen and oxygen atoms in total. The molecule has 0 unspecified atom stereocenters. The molecule has 0 fully saturated rings. The number of hydrogen-bond acceptors (Lipinski definition) is 6. The first-order chi connectivity index (χ1) is 10.2. The van der Waals surface area contributed by atoms with Gasteiger partial charge in [-0.05, 0) is 22.6 Å². The van der Waals surface area contributed by atoms with Crippen LogP contribution in [0.25, 0.3) is 11.4 Å². The Hall–Kier alpha value is -2.32. The van der Waals surface area contributed by atoms with Crippen LogP contribution < -0.4 is 10.6 Å². The summed E-state index contributed by atoms with van der Waals surface area (Å²) in [5.41, 5.74) is 1.54. The van der Waals surface area contributed by atoms with Crippen molar-refractivity contribution < 1.29 is 9.53 Å². The number of aromatic nitrogens is 4. The highest BCUT2D eigenvalue weighted by Gasteiger charge is 2.07. The van der Waals surface area contributed by atoms with E-state index in [2.05, 4.69) is 26.2 Å². The molecule has 0 aliphatic carbocycles. The summed E-state index contributed by atoms with van der Waals surface area (Å²) in [7, 11) is 3.38. The normalized spacial score (nSPS) is 10.6. The molecule has 2 N–H and O–H groups in total. The Bertz CT molecular complexity index is 598. The number of aryl methyl sites for hydroxylation is 1. The smallest absolute Gasteiger partial charge is 0.238 e. The molecule has 1 aromatic carbocycles. The van der Waals surface area contributed by atoms with Gasteiger partial charge in [-0.3, -0.25) is 4.79 Å². The number of tetrazole rings is 1. The molecule has 0 aliphatic heterocycles. The number of anilines is 1. The molecule has 0 spiro atoms. The van der Waals surface area contributed by atoms with Crippen LogP contribution in [0.15, 0.2) is 24.3 Å². The molecule has 2 aromatic rings. The van der Waals surface area contributed by atoms with E-state index in [1.54, 1.807) is 18.8 Å². The van der Waals surface area contributed by atoms with Gasteiger partial charge in [-0.1, -0.05) is 12.1 Å². The number of amides is 1. The minimum absolute atomic E-state index is 0.112. The summed E-state index contributed by atoms with van der Waals surface area (Å²) in [6, 6.07) is 7.38. The van der Waals surface area contributed by atoms with Crippen LogP contribution >= 0.6 is 0 Å². The molecule has 1 aromatic heterocycles. The van der Waals surface area contributed by atoms with E-state index >= 15 is 0 Å². The SMILES string of the molecule is COCCNCC(=O)Nc1cccc(-c2nnnn2C)c1. The van der Waals surface area contributed by atoms with Gasteiger partial charge in [0, 0.05) is 32.0 Å². The summed E-state index contributed by atoms with van der Waals surface area (Å²) >= 11 is 0. The maximum atomic E-state index is 11.8. The van der Waals surface area contributed by atoms with Crippen molar-refractivity contribution in [2.24, 2.45) is 7.05 Å². The summed E-state index contributed by atoms with van der Waals surface area (Å²) < 4.78 is 6.47. The number of methoxy groups -OCH3 is 1. The Morgan fingerprint density at radius 1 is 1.43 bits per heavy atom. The van der Waals surface area contributed by atoms with Gasteiger partial charge in [-0.25, -0.2) is 4.68 Å². The molecule has 0 aliphatic rings. The number of hydrogen-bond donors (Lipinski definition) is 2. The average molecular weight is 290 g/mol. The van der Waals surface area contributed by atoms with E-state index in [0.29, 0.717) is 24.7 Å². The highest BCUT2D eigenvalue weighted by Crippen LogP contribution is 2.19. The first kappa shape index (κ1) is 15.1. The van der Waals surface area contributed by atoms with Gasteiger partial charge in [0.2, 0.25) is 5.91 Å². The van der Waals surface area contributed by atoms with Crippen LogP contribution in [0.5, 0.6) is 0 Å². The van der Waals surface area contributed by atoms with E-state index in [-0.39, 0.29) is 12.5 Å². The lowest BCUT2D eigenvalue weighted by Gasteiger charge is -2.07. The Morgan fingerprint density at radius 3 is 3.00 bits per heavy atom. The number of carbonyl (C=O) groups is 1. The highest BCUT2D eigenvalue weighted by molar-refractivity contribution is 5.92. The lowest BCUT2D eigenvalue weighted by molar-refractivity contribution is -0.115. The van der Waals surface area contributed by atoms with Crippen molar-refractivity contribution in [3.05, 3.63) is 24.3 Å². The van der Waals surface area contributed by atoms with Crippen molar-refractivity contribution in [3.63, 3.8) is 0 Å². The molecular formula is C13H18N6O2. The summed E-state index contributed by atoms with van der Waals surface area (Å²) in [6.07, 6.45) is 0. The van der Waals surface area contributed by atoms with Crippen molar-refractivity contribution in [1.29, 1.82) is 0 Å². The molecule has 0 radical (unpaired) electrons. The number of nitrogens with one attached hydrogen (secondary N) is 2. The fourth-order valence-corrected chi connectivity index (χ4v) is 1.79. The molecule has 0 atom stereocenters. The van der Waals surface area contributed by atoms with E-state index in [1.807, 2.05) is 24.3 Å². The standard InChI is InChI=1S/C13H18N6O2/c1-19-13(16-17-18-19)10-4-3-5-11(8-10)15-12(20)9-14-6-7-21-2/h3-5,8,14H,6-7,9H2,1-2H3,(H,15,20). The number of rotatable bonds is 7. The third-order valence-corrected chi connectivity index (χ3v) is 2.79. The van der Waals surface area contributed by atoms with E-state index in [9.17, 15) is 4.79 Å². The van der Waals surface area contributed by atoms with Gasteiger partial charge in [0.1, 0.15) is 0 Å². The van der Waals surface area contributed by atoms with Crippen molar-refractivity contribution in [1.82, 2.24) is 25.5 Å². The van der Waals surface area contributed by atoms with Crippen LogP contribution in [0.3, 0.4) is 0 Å². The number of benzene rings is 1. The molecule has 8 heteroatoms. The predicted octanol–water partition coefficient (Wildman–Crippen LogP) is 0.0516. The number of nitrogens with zero attached hydrogens (tertiary/aromatic N) is 4. The zero-order valence-electron chi connectivity index (χ0n) is 12.0. The molecule has 112 valence electrons. The van der Waals surface area contributed by atoms with Crippen LogP contribution in [-0.4, -0.2) is 52.9 Å². The minimum Gasteiger partial charge on any atom is -0.383 e. The summed E-state index contributed by atoms with van der Waals surface area (Å²) in [5, 5.41) is 17.1. The Balaban J connectivity index is 1.95. The lowest BCUT2D eigenvalue weighted by Crippen LogP contribution is -2.30. The Kier molecular flexibility index (Phi) is 5.35. The molecule has 2 rings (SSSR count). The quantitative estimate of drug-likeness (QED) is 0.700. The highest BCUT2D eigenvalue weighted by atomic mass is 16.5. The van der Waals surface area contributed by atoms with Gasteiger partial charge in [-0.2, -0.15) is 0 Å². The zero-order valence-corrected chi connectivity index (χ0v) is 12.0. The van der Waals surface area contributed by atoms with Gasteiger partial charge in [0.05, 0.1) is 13.2 Å². The molecule has 0 saturated carbocycles. The largest absolute Gasteiger partial charge is 0.383 e. The van der Waals surface area contributed by atoms with E-state index < -0.39 is 0 Å². The maximum absolute atomic E-state index is 11.8. The fraction of sp³-hybridized carbons (Fsp3) is 0.385. The molecule has 1 heterocycles. The summed E-state index contributed by atoms with van der Waals surface area (Å²) in [5.74, 6) is 0.531. The second kappa shape index (κ2) is 7.46. The van der Waals surface area contributed by atoms with Gasteiger partial charge in [0.15, 0.2) is 5.82 Å². The molecule has 0 saturated heterocycles. The monoisotopic (exact) mass is 290 g/mol. The van der Waals surface area contributed by atoms with Crippen LogP contribution in [-0.2, 0) is 16.6 Å². The first-order valence-corrected chi connectivity index (χ1v) is 6.53. The van der Waals surface area contributed by atoms with Gasteiger partial charge >= 0.3 is 0 Å². The second-order valence-electron chi connectivity index (χ2n) is 4.42. The molecular weight excluding hydrogens is 272 g/mol. The van der Waals surface area contributed by atoms with Crippen molar-refractivity contribution in [2.75, 3.05) is 32.1 Å². The third kappa shape index (κ3) is 4.33. The van der Waals surface area contributed by atoms with Gasteiger partial charge < -0.3 is 15.4 Å². The summed E-state index contributed by atoms with van der Waals surface area (Å²) in [4.78, 5) is 11.8. The molecule has 21 heavy (non-hydrogen) atoms.